The van der Waals surface area contributed by atoms with Gasteiger partial charge in [0.1, 0.15) is 0 Å². The molecule has 5 heteroatoms. The Labute approximate surface area is 480 Å². The van der Waals surface area contributed by atoms with E-state index >= 15 is 0 Å². The van der Waals surface area contributed by atoms with Crippen molar-refractivity contribution in [1.82, 2.24) is 19.1 Å². The minimum Gasteiger partial charge on any atom is -0.309 e. The van der Waals surface area contributed by atoms with Gasteiger partial charge in [0.2, 0.25) is 0 Å². The number of hydrogen-bond donors (Lipinski definition) is 0. The van der Waals surface area contributed by atoms with E-state index in [0.29, 0.717) is 0 Å². The van der Waals surface area contributed by atoms with Crippen LogP contribution in [0.2, 0.25) is 0 Å². The number of benzene rings is 10. The number of pyridine rings is 2. The van der Waals surface area contributed by atoms with Crippen molar-refractivity contribution < 1.29 is 20.1 Å². The van der Waals surface area contributed by atoms with Crippen LogP contribution in [0.4, 0.5) is 0 Å². The third-order valence-electron chi connectivity index (χ3n) is 17.1. The number of rotatable bonds is 5. The molecule has 0 fully saturated rings. The van der Waals surface area contributed by atoms with Crippen molar-refractivity contribution in [2.24, 2.45) is 0 Å². The van der Waals surface area contributed by atoms with E-state index in [9.17, 15) is 0 Å². The summed E-state index contributed by atoms with van der Waals surface area (Å²) < 4.78 is 4.95. The summed E-state index contributed by atoms with van der Waals surface area (Å²) in [5, 5.41) is 7.52. The van der Waals surface area contributed by atoms with Gasteiger partial charge in [0.15, 0.2) is 0 Å². The minimum atomic E-state index is -0.168. The molecule has 10 aromatic carbocycles. The number of para-hydroxylation sites is 3. The number of aryl methyl sites for hydroxylation is 1. The largest absolute Gasteiger partial charge is 0.309 e. The monoisotopic (exact) mass is 1200 g/mol. The molecule has 4 aromatic heterocycles. The zero-order chi connectivity index (χ0) is 53.1. The molecular weight excluding hydrogens is 1150 g/mol. The van der Waals surface area contributed by atoms with Crippen molar-refractivity contribution >= 4 is 54.4 Å². The molecule has 0 bridgehead atoms. The first-order valence-electron chi connectivity index (χ1n) is 27.4. The Morgan fingerprint density at radius 1 is 0.388 bits per heavy atom. The molecule has 0 aliphatic carbocycles. The zero-order valence-electron chi connectivity index (χ0n) is 45.1. The predicted molar refractivity (Wildman–Crippen MR) is 329 cm³/mol. The number of aromatic nitrogens is 4. The molecule has 0 spiro atoms. The summed E-state index contributed by atoms with van der Waals surface area (Å²) in [6.07, 6.45) is 3.81. The summed E-state index contributed by atoms with van der Waals surface area (Å²) in [5.41, 5.74) is 25.1. The smallest absolute Gasteiger partial charge is 0.0582 e. The van der Waals surface area contributed by atoms with Crippen LogP contribution in [0.1, 0.15) is 55.5 Å². The van der Waals surface area contributed by atoms with Crippen LogP contribution in [0.25, 0.3) is 122 Å². The molecule has 80 heavy (non-hydrogen) atoms. The molecule has 4 nitrogen and oxygen atoms in total. The fraction of sp³-hybridized carbons (Fsp3) is 0.0933. The average molecular weight is 1200 g/mol. The van der Waals surface area contributed by atoms with E-state index in [1.165, 1.54) is 116 Å². The summed E-state index contributed by atoms with van der Waals surface area (Å²) in [6.45, 7) is 11.5. The van der Waals surface area contributed by atoms with Crippen LogP contribution in [0, 0.1) is 19.1 Å². The predicted octanol–water partition coefficient (Wildman–Crippen LogP) is 19.0. The number of fused-ring (bicyclic) bond motifs is 11. The molecule has 0 saturated carbocycles. The van der Waals surface area contributed by atoms with E-state index < -0.39 is 0 Å². The van der Waals surface area contributed by atoms with E-state index in [0.717, 1.165) is 33.5 Å². The third-order valence-corrected chi connectivity index (χ3v) is 17.1. The van der Waals surface area contributed by atoms with Gasteiger partial charge in [-0.05, 0) is 134 Å². The molecule has 16 rings (SSSR count). The molecular formula is C75H54IrN4-2. The molecule has 0 atom stereocenters. The number of nitrogens with zero attached hydrogens (tertiary/aromatic N) is 4. The van der Waals surface area contributed by atoms with Crippen molar-refractivity contribution in [2.75, 3.05) is 0 Å². The zero-order valence-corrected chi connectivity index (χ0v) is 47.5. The molecule has 0 amide bonds. The maximum absolute atomic E-state index is 4.80. The van der Waals surface area contributed by atoms with Crippen molar-refractivity contribution in [3.63, 3.8) is 0 Å². The molecule has 0 saturated heterocycles. The Balaban J connectivity index is 0.000000146. The Bertz CT molecular complexity index is 4780. The van der Waals surface area contributed by atoms with Gasteiger partial charge in [-0.1, -0.05) is 161 Å². The average Bonchev–Trinajstić information content (AvgIpc) is 4.23. The molecule has 0 N–H and O–H groups in total. The van der Waals surface area contributed by atoms with Gasteiger partial charge in [-0.3, -0.25) is 0 Å². The molecule has 6 heterocycles. The van der Waals surface area contributed by atoms with Gasteiger partial charge < -0.3 is 19.1 Å². The molecule has 385 valence electrons. The van der Waals surface area contributed by atoms with Gasteiger partial charge in [0.05, 0.1) is 33.4 Å². The van der Waals surface area contributed by atoms with Crippen molar-refractivity contribution in [3.05, 3.63) is 277 Å². The van der Waals surface area contributed by atoms with Gasteiger partial charge in [-0.2, -0.15) is 0 Å². The molecule has 1 radical (unpaired) electrons. The molecule has 0 unspecified atom stereocenters. The topological polar surface area (TPSA) is 35.6 Å². The fourth-order valence-corrected chi connectivity index (χ4v) is 13.1. The second kappa shape index (κ2) is 18.8. The van der Waals surface area contributed by atoms with Gasteiger partial charge in [0.25, 0.3) is 0 Å². The molecule has 2 aliphatic heterocycles. The third kappa shape index (κ3) is 7.67. The van der Waals surface area contributed by atoms with Gasteiger partial charge >= 0.3 is 0 Å². The van der Waals surface area contributed by atoms with Crippen molar-refractivity contribution in [1.29, 1.82) is 0 Å². The van der Waals surface area contributed by atoms with Crippen LogP contribution in [0.5, 0.6) is 0 Å². The fourth-order valence-electron chi connectivity index (χ4n) is 13.1. The summed E-state index contributed by atoms with van der Waals surface area (Å²) in [4.78, 5) is 9.41. The van der Waals surface area contributed by atoms with E-state index in [4.69, 9.17) is 4.98 Å². The Morgan fingerprint density at radius 3 is 1.81 bits per heavy atom. The number of hydrogen-bond acceptors (Lipinski definition) is 2. The van der Waals surface area contributed by atoms with Crippen LogP contribution in [-0.4, -0.2) is 19.1 Å². The Kier molecular flexibility index (Phi) is 11.6. The minimum absolute atomic E-state index is 0. The first kappa shape index (κ1) is 49.3. The second-order valence-corrected chi connectivity index (χ2v) is 22.5. The van der Waals surface area contributed by atoms with Gasteiger partial charge in [0, 0.05) is 64.9 Å². The van der Waals surface area contributed by atoms with E-state index in [2.05, 4.69) is 273 Å². The van der Waals surface area contributed by atoms with Crippen LogP contribution < -0.4 is 0 Å². The summed E-state index contributed by atoms with van der Waals surface area (Å²) in [7, 11) is 0. The van der Waals surface area contributed by atoms with Crippen LogP contribution in [0.3, 0.4) is 0 Å². The Hall–Kier alpha value is -8.99. The van der Waals surface area contributed by atoms with Crippen LogP contribution in [-0.2, 0) is 30.9 Å². The van der Waals surface area contributed by atoms with Crippen molar-refractivity contribution in [3.8, 4) is 67.3 Å². The first-order valence-corrected chi connectivity index (χ1v) is 27.4. The van der Waals surface area contributed by atoms with E-state index in [1.807, 2.05) is 24.5 Å². The maximum atomic E-state index is 4.80. The van der Waals surface area contributed by atoms with E-state index in [1.54, 1.807) is 0 Å². The quantitative estimate of drug-likeness (QED) is 0.161. The van der Waals surface area contributed by atoms with Crippen LogP contribution in [0.15, 0.2) is 237 Å². The molecule has 14 aromatic rings. The summed E-state index contributed by atoms with van der Waals surface area (Å²) >= 11 is 0. The van der Waals surface area contributed by atoms with Crippen molar-refractivity contribution in [2.45, 2.75) is 45.4 Å². The SMILES string of the molecule is CC1(C)c2ccccc2-n2c3ccc(-c4ccccc4)cc3c3cc(-c4cc[c-]c(-c5nccc6ccccc56)c4)cc1c32.Cc1ccc(-c2[c-]ccc(-c3ccc4c(c3)C(C)(C)c3cccc5c6ccccc6n-4c35)c2)nc1.[Ir]. The second-order valence-electron chi connectivity index (χ2n) is 22.5. The molecule has 2 aliphatic rings. The summed E-state index contributed by atoms with van der Waals surface area (Å²) in [5.74, 6) is 0. The standard InChI is InChI=1S/C42H29N2.C33H25N2.Ir/c1-42(2)36-17-8-9-18-39(36)44-38-20-19-30(27-11-4-3-5-12-27)24-34(38)35-25-32(26-37(42)41(35)44)29-14-10-15-31(23-29)40-33-16-7-6-13-28(33)21-22-43-40;1-21-14-16-29(34-20-21)24-9-6-8-22(18-24)23-15-17-31-28(19-23)33(2,3)27-12-7-11-26-25-10-4-5-13-30(25)35(31)32(26)27;/h3-14,16-26H,1-2H3;4-8,10-20H,1-3H3;/q2*-1;. The first-order chi connectivity index (χ1) is 38.6. The van der Waals surface area contributed by atoms with Gasteiger partial charge in [-0.15, -0.1) is 70.8 Å². The van der Waals surface area contributed by atoms with E-state index in [-0.39, 0.29) is 30.9 Å². The summed E-state index contributed by atoms with van der Waals surface area (Å²) in [6, 6.07) is 88.2. The van der Waals surface area contributed by atoms with Gasteiger partial charge in [-0.25, -0.2) is 0 Å². The maximum Gasteiger partial charge on any atom is 0.0582 e. The normalized spacial score (nSPS) is 13.4. The van der Waals surface area contributed by atoms with Crippen LogP contribution >= 0.6 is 0 Å². The Morgan fingerprint density at radius 2 is 0.988 bits per heavy atom.